The molecule has 4 heterocycles. The summed E-state index contributed by atoms with van der Waals surface area (Å²) in [7, 11) is 0. The van der Waals surface area contributed by atoms with E-state index in [1.807, 2.05) is 24.3 Å². The second-order valence-electron chi connectivity index (χ2n) is 9.50. The van der Waals surface area contributed by atoms with Gasteiger partial charge in [0.05, 0.1) is 34.8 Å². The Balaban J connectivity index is 1.41. The summed E-state index contributed by atoms with van der Waals surface area (Å²) in [4.78, 5) is 67.6. The summed E-state index contributed by atoms with van der Waals surface area (Å²) >= 11 is 5.55. The van der Waals surface area contributed by atoms with Gasteiger partial charge >= 0.3 is 4.87 Å². The first-order valence-electron chi connectivity index (χ1n) is 12.4. The molecule has 40 heavy (non-hydrogen) atoms. The Morgan fingerprint density at radius 2 is 1.70 bits per heavy atom. The molecule has 14 heteroatoms. The van der Waals surface area contributed by atoms with Gasteiger partial charge in [0.1, 0.15) is 11.8 Å². The molecule has 0 spiro atoms. The molecule has 206 valence electrons. The smallest absolute Gasteiger partial charge is 0.308 e. The summed E-state index contributed by atoms with van der Waals surface area (Å²) in [6.45, 7) is 1.58. The quantitative estimate of drug-likeness (QED) is 0.235. The number of rotatable bonds is 5. The standard InChI is InChI=1S/C26H21BrN4O7S2/c27-15-3-1-14(2-4-15)19-20-21(24(34)30(23(20)33)16-5-7-17(8-6-16)31(36)37)39-25-22(19)40-26(35)29(25)13-18(32)28-9-11-38-12-10-28/h1-8,19-21H,9-13H2. The van der Waals surface area contributed by atoms with Gasteiger partial charge in [-0.1, -0.05) is 51.2 Å². The molecule has 2 aromatic carbocycles. The van der Waals surface area contributed by atoms with Crippen LogP contribution in [0.1, 0.15) is 16.4 Å². The number of morpholine rings is 1. The van der Waals surface area contributed by atoms with E-state index in [0.717, 1.165) is 38.0 Å². The fraction of sp³-hybridized carbons (Fsp3) is 0.308. The van der Waals surface area contributed by atoms with Gasteiger partial charge in [0.25, 0.3) is 5.69 Å². The monoisotopic (exact) mass is 644 g/mol. The summed E-state index contributed by atoms with van der Waals surface area (Å²) in [5.74, 6) is -2.51. The van der Waals surface area contributed by atoms with Crippen LogP contribution < -0.4 is 9.77 Å². The maximum Gasteiger partial charge on any atom is 0.308 e. The highest BCUT2D eigenvalue weighted by Gasteiger charge is 2.56. The van der Waals surface area contributed by atoms with Crippen LogP contribution in [0.2, 0.25) is 0 Å². The zero-order valence-corrected chi connectivity index (χ0v) is 23.9. The van der Waals surface area contributed by atoms with Gasteiger partial charge in [0, 0.05) is 40.5 Å². The molecule has 0 radical (unpaired) electrons. The molecular formula is C26H21BrN4O7S2. The topological polar surface area (TPSA) is 132 Å². The minimum absolute atomic E-state index is 0.154. The number of hydrogen-bond acceptors (Lipinski definition) is 9. The second-order valence-corrected chi connectivity index (χ2v) is 12.5. The van der Waals surface area contributed by atoms with E-state index in [4.69, 9.17) is 4.74 Å². The van der Waals surface area contributed by atoms with E-state index >= 15 is 0 Å². The second kappa shape index (κ2) is 10.6. The van der Waals surface area contributed by atoms with Crippen molar-refractivity contribution in [1.29, 1.82) is 0 Å². The van der Waals surface area contributed by atoms with Gasteiger partial charge in [0.2, 0.25) is 17.7 Å². The molecule has 0 N–H and O–H groups in total. The molecule has 3 atom stereocenters. The Morgan fingerprint density at radius 3 is 2.35 bits per heavy atom. The minimum Gasteiger partial charge on any atom is -0.378 e. The van der Waals surface area contributed by atoms with Crippen molar-refractivity contribution >= 4 is 68.1 Å². The Bertz CT molecular complexity index is 1580. The van der Waals surface area contributed by atoms with Crippen LogP contribution in [-0.2, 0) is 25.7 Å². The number of benzene rings is 2. The fourth-order valence-electron chi connectivity index (χ4n) is 5.31. The summed E-state index contributed by atoms with van der Waals surface area (Å²) in [6.07, 6.45) is 0. The number of non-ortho nitro benzene ring substituents is 1. The molecular weight excluding hydrogens is 624 g/mol. The molecule has 1 aromatic heterocycles. The van der Waals surface area contributed by atoms with Crippen LogP contribution in [0, 0.1) is 16.0 Å². The van der Waals surface area contributed by atoms with E-state index < -0.39 is 33.8 Å². The van der Waals surface area contributed by atoms with Gasteiger partial charge in [-0.2, -0.15) is 0 Å². The molecule has 0 aliphatic carbocycles. The van der Waals surface area contributed by atoms with Crippen molar-refractivity contribution in [3.63, 3.8) is 0 Å². The van der Waals surface area contributed by atoms with E-state index in [-0.39, 0.29) is 28.7 Å². The molecule has 0 bridgehead atoms. The van der Waals surface area contributed by atoms with Crippen molar-refractivity contribution in [3.8, 4) is 0 Å². The number of nitro benzene ring substituents is 1. The molecule has 3 aliphatic rings. The van der Waals surface area contributed by atoms with Crippen LogP contribution in [0.25, 0.3) is 0 Å². The number of amides is 3. The van der Waals surface area contributed by atoms with E-state index in [2.05, 4.69) is 15.9 Å². The number of anilines is 1. The molecule has 0 saturated carbocycles. The van der Waals surface area contributed by atoms with Crippen molar-refractivity contribution in [2.24, 2.45) is 5.92 Å². The van der Waals surface area contributed by atoms with Gasteiger partial charge in [-0.05, 0) is 29.8 Å². The Hall–Kier alpha value is -3.33. The number of aromatic nitrogens is 1. The Morgan fingerprint density at radius 1 is 1.02 bits per heavy atom. The summed E-state index contributed by atoms with van der Waals surface area (Å²) < 4.78 is 7.58. The molecule has 3 aliphatic heterocycles. The molecule has 6 rings (SSSR count). The number of imide groups is 1. The lowest BCUT2D eigenvalue weighted by Crippen LogP contribution is -2.43. The van der Waals surface area contributed by atoms with E-state index in [9.17, 15) is 29.3 Å². The summed E-state index contributed by atoms with van der Waals surface area (Å²) in [6, 6.07) is 12.7. The minimum atomic E-state index is -0.845. The van der Waals surface area contributed by atoms with Crippen LogP contribution >= 0.6 is 39.0 Å². The first-order valence-corrected chi connectivity index (χ1v) is 14.9. The number of carbonyl (C=O) groups is 3. The van der Waals surface area contributed by atoms with Crippen LogP contribution in [0.5, 0.6) is 0 Å². The van der Waals surface area contributed by atoms with Gasteiger partial charge < -0.3 is 9.64 Å². The number of halogens is 1. The highest BCUT2D eigenvalue weighted by atomic mass is 79.9. The van der Waals surface area contributed by atoms with Crippen molar-refractivity contribution in [1.82, 2.24) is 9.47 Å². The third-order valence-electron chi connectivity index (χ3n) is 7.25. The predicted molar refractivity (Wildman–Crippen MR) is 151 cm³/mol. The third-order valence-corrected chi connectivity index (χ3v) is 10.4. The Labute approximate surface area is 244 Å². The van der Waals surface area contributed by atoms with Gasteiger partial charge in [-0.15, -0.1) is 0 Å². The maximum absolute atomic E-state index is 13.9. The number of ether oxygens (including phenoxy) is 1. The molecule has 3 amide bonds. The van der Waals surface area contributed by atoms with Crippen LogP contribution in [0.15, 0.2) is 62.8 Å². The van der Waals surface area contributed by atoms with Gasteiger partial charge in [-0.3, -0.25) is 33.9 Å². The lowest BCUT2D eigenvalue weighted by Gasteiger charge is -2.31. The molecule has 11 nitrogen and oxygen atoms in total. The number of carbonyl (C=O) groups excluding carboxylic acids is 3. The number of fused-ring (bicyclic) bond motifs is 2. The van der Waals surface area contributed by atoms with Crippen molar-refractivity contribution in [2.45, 2.75) is 22.7 Å². The van der Waals surface area contributed by atoms with Crippen molar-refractivity contribution in [2.75, 3.05) is 31.2 Å². The fourth-order valence-corrected chi connectivity index (χ4v) is 8.35. The number of thiazole rings is 1. The summed E-state index contributed by atoms with van der Waals surface area (Å²) in [5.41, 5.74) is 0.853. The lowest BCUT2D eigenvalue weighted by molar-refractivity contribution is -0.384. The summed E-state index contributed by atoms with van der Waals surface area (Å²) in [5, 5.41) is 10.8. The first kappa shape index (κ1) is 26.9. The predicted octanol–water partition coefficient (Wildman–Crippen LogP) is 3.24. The maximum atomic E-state index is 13.9. The largest absolute Gasteiger partial charge is 0.378 e. The van der Waals surface area contributed by atoms with Crippen LogP contribution in [0.4, 0.5) is 11.4 Å². The number of nitrogens with zero attached hydrogens (tertiary/aromatic N) is 4. The average molecular weight is 646 g/mol. The van der Waals surface area contributed by atoms with Crippen LogP contribution in [0.3, 0.4) is 0 Å². The SMILES string of the molecule is O=C(Cn1c2c(sc1=O)C(c1ccc(Br)cc1)C1C(=O)N(c3ccc([N+](=O)[O-])cc3)C(=O)C1S2)N1CCOCC1. The van der Waals surface area contributed by atoms with E-state index in [1.165, 1.54) is 28.8 Å². The third kappa shape index (κ3) is 4.58. The number of thioether (sulfide) groups is 1. The normalized spacial score (nSPS) is 22.3. The average Bonchev–Trinajstić information content (AvgIpc) is 3.40. The first-order chi connectivity index (χ1) is 19.2. The Kier molecular flexibility index (Phi) is 7.10. The highest BCUT2D eigenvalue weighted by Crippen LogP contribution is 2.54. The molecule has 3 aromatic rings. The molecule has 2 fully saturated rings. The van der Waals surface area contributed by atoms with Gasteiger partial charge in [0.15, 0.2) is 0 Å². The lowest BCUT2D eigenvalue weighted by atomic mass is 9.83. The van der Waals surface area contributed by atoms with E-state index in [0.29, 0.717) is 36.2 Å². The van der Waals surface area contributed by atoms with Crippen molar-refractivity contribution < 1.29 is 24.0 Å². The number of nitro groups is 1. The van der Waals surface area contributed by atoms with E-state index in [1.54, 1.807) is 4.90 Å². The van der Waals surface area contributed by atoms with Crippen LogP contribution in [-0.4, -0.2) is 63.7 Å². The molecule has 3 unspecified atom stereocenters. The van der Waals surface area contributed by atoms with Crippen molar-refractivity contribution in [3.05, 3.63) is 83.2 Å². The number of hydrogen-bond donors (Lipinski definition) is 0. The zero-order chi connectivity index (χ0) is 28.1. The van der Waals surface area contributed by atoms with Gasteiger partial charge in [-0.25, -0.2) is 4.90 Å². The zero-order valence-electron chi connectivity index (χ0n) is 20.7. The molecule has 2 saturated heterocycles. The highest BCUT2D eigenvalue weighted by molar-refractivity contribution is 9.10.